The van der Waals surface area contributed by atoms with Crippen molar-refractivity contribution in [3.63, 3.8) is 0 Å². The number of fused-ring (bicyclic) bond motifs is 1. The van der Waals surface area contributed by atoms with E-state index in [0.29, 0.717) is 24.6 Å². The molecule has 1 amide bonds. The van der Waals surface area contributed by atoms with Gasteiger partial charge in [0.1, 0.15) is 17.3 Å². The first-order chi connectivity index (χ1) is 15.0. The lowest BCUT2D eigenvalue weighted by Crippen LogP contribution is -2.38. The highest BCUT2D eigenvalue weighted by molar-refractivity contribution is 7.18. The summed E-state index contributed by atoms with van der Waals surface area (Å²) in [5.74, 6) is -1.26. The van der Waals surface area contributed by atoms with Crippen molar-refractivity contribution in [2.75, 3.05) is 13.1 Å². The van der Waals surface area contributed by atoms with E-state index in [0.717, 1.165) is 29.4 Å². The zero-order valence-electron chi connectivity index (χ0n) is 16.9. The van der Waals surface area contributed by atoms with E-state index in [2.05, 4.69) is 11.2 Å². The predicted octanol–water partition coefficient (Wildman–Crippen LogP) is 4.99. The first-order valence-electron chi connectivity index (χ1n) is 10.1. The molecule has 1 saturated heterocycles. The maximum absolute atomic E-state index is 14.3. The Morgan fingerprint density at radius 2 is 1.90 bits per heavy atom. The van der Waals surface area contributed by atoms with Crippen LogP contribution in [0.3, 0.4) is 0 Å². The zero-order valence-corrected chi connectivity index (χ0v) is 17.7. The molecule has 0 unspecified atom stereocenters. The molecule has 3 heterocycles. The third kappa shape index (κ3) is 3.72. The van der Waals surface area contributed by atoms with Gasteiger partial charge in [-0.1, -0.05) is 12.1 Å². The van der Waals surface area contributed by atoms with E-state index in [1.807, 2.05) is 18.2 Å². The van der Waals surface area contributed by atoms with Crippen molar-refractivity contribution in [3.8, 4) is 11.3 Å². The van der Waals surface area contributed by atoms with Crippen LogP contribution in [0.5, 0.6) is 0 Å². The third-order valence-electron chi connectivity index (χ3n) is 5.69. The van der Waals surface area contributed by atoms with Crippen molar-refractivity contribution in [2.24, 2.45) is 7.05 Å². The summed E-state index contributed by atoms with van der Waals surface area (Å²) in [6.07, 6.45) is 3.25. The lowest BCUT2D eigenvalue weighted by atomic mass is 9.96. The third-order valence-corrected chi connectivity index (χ3v) is 6.89. The van der Waals surface area contributed by atoms with Crippen LogP contribution in [0.4, 0.5) is 8.78 Å². The molecule has 31 heavy (non-hydrogen) atoms. The smallest absolute Gasteiger partial charge is 0.257 e. The molecule has 2 aromatic carbocycles. The minimum Gasteiger partial charge on any atom is -0.338 e. The second-order valence-electron chi connectivity index (χ2n) is 7.78. The molecule has 0 saturated carbocycles. The number of amides is 1. The molecule has 0 N–H and O–H groups in total. The molecular formula is C23H20F2N4OS. The van der Waals surface area contributed by atoms with E-state index < -0.39 is 11.6 Å². The van der Waals surface area contributed by atoms with Gasteiger partial charge in [0.25, 0.3) is 5.91 Å². The topological polar surface area (TPSA) is 51.0 Å². The Labute approximate surface area is 181 Å². The molecule has 158 valence electrons. The average Bonchev–Trinajstić information content (AvgIpc) is 3.37. The van der Waals surface area contributed by atoms with Crippen LogP contribution < -0.4 is 0 Å². The number of hydrogen-bond donors (Lipinski definition) is 0. The monoisotopic (exact) mass is 438 g/mol. The van der Waals surface area contributed by atoms with Crippen molar-refractivity contribution >= 4 is 27.5 Å². The van der Waals surface area contributed by atoms with Crippen molar-refractivity contribution in [1.29, 1.82) is 0 Å². The maximum Gasteiger partial charge on any atom is 0.257 e. The predicted molar refractivity (Wildman–Crippen MR) is 116 cm³/mol. The van der Waals surface area contributed by atoms with Crippen molar-refractivity contribution in [2.45, 2.75) is 18.8 Å². The van der Waals surface area contributed by atoms with Gasteiger partial charge in [-0.05, 0) is 37.1 Å². The zero-order chi connectivity index (χ0) is 21.5. The molecule has 0 bridgehead atoms. The number of carbonyl (C=O) groups excluding carboxylic acids is 1. The highest BCUT2D eigenvalue weighted by Crippen LogP contribution is 2.35. The fourth-order valence-corrected chi connectivity index (χ4v) is 5.23. The van der Waals surface area contributed by atoms with Gasteiger partial charge in [0.15, 0.2) is 0 Å². The fourth-order valence-electron chi connectivity index (χ4n) is 4.09. The van der Waals surface area contributed by atoms with Gasteiger partial charge < -0.3 is 4.90 Å². The number of halogens is 2. The summed E-state index contributed by atoms with van der Waals surface area (Å²) in [5.41, 5.74) is 1.70. The van der Waals surface area contributed by atoms with Crippen LogP contribution in [0.15, 0.2) is 48.7 Å². The van der Waals surface area contributed by atoms with Gasteiger partial charge in [-0.2, -0.15) is 5.10 Å². The van der Waals surface area contributed by atoms with E-state index in [1.165, 1.54) is 21.5 Å². The fraction of sp³-hybridized carbons (Fsp3) is 0.261. The summed E-state index contributed by atoms with van der Waals surface area (Å²) in [6.45, 7) is 1.19. The van der Waals surface area contributed by atoms with Crippen LogP contribution in [0.2, 0.25) is 0 Å². The number of piperidine rings is 1. The normalized spacial score (nSPS) is 15.0. The van der Waals surface area contributed by atoms with Gasteiger partial charge in [0.2, 0.25) is 0 Å². The second kappa shape index (κ2) is 7.85. The Kier molecular flexibility index (Phi) is 5.02. The van der Waals surface area contributed by atoms with E-state index in [1.54, 1.807) is 29.5 Å². The van der Waals surface area contributed by atoms with Gasteiger partial charge in [0.05, 0.1) is 20.8 Å². The molecule has 4 aromatic rings. The minimum atomic E-state index is -0.734. The molecule has 2 aromatic heterocycles. The largest absolute Gasteiger partial charge is 0.338 e. The van der Waals surface area contributed by atoms with Crippen LogP contribution in [0.1, 0.15) is 34.1 Å². The highest BCUT2D eigenvalue weighted by atomic mass is 32.1. The lowest BCUT2D eigenvalue weighted by Gasteiger charge is -2.31. The first kappa shape index (κ1) is 19.8. The number of nitrogens with zero attached hydrogens (tertiary/aromatic N) is 4. The Hall–Kier alpha value is -3.13. The number of aromatic nitrogens is 3. The number of likely N-dealkylation sites (tertiary alicyclic amines) is 1. The van der Waals surface area contributed by atoms with Crippen molar-refractivity contribution < 1.29 is 13.6 Å². The van der Waals surface area contributed by atoms with Crippen LogP contribution in [0.25, 0.3) is 21.5 Å². The molecule has 0 spiro atoms. The number of para-hydroxylation sites is 1. The van der Waals surface area contributed by atoms with E-state index in [-0.39, 0.29) is 17.2 Å². The number of aryl methyl sites for hydroxylation is 1. The molecule has 5 nitrogen and oxygen atoms in total. The molecule has 0 atom stereocenters. The Morgan fingerprint density at radius 3 is 2.65 bits per heavy atom. The van der Waals surface area contributed by atoms with Gasteiger partial charge in [-0.15, -0.1) is 11.3 Å². The number of benzene rings is 2. The summed E-state index contributed by atoms with van der Waals surface area (Å²) >= 11 is 1.72. The number of thiazole rings is 1. The highest BCUT2D eigenvalue weighted by Gasteiger charge is 2.29. The summed E-state index contributed by atoms with van der Waals surface area (Å²) in [6, 6.07) is 11.4. The van der Waals surface area contributed by atoms with Crippen molar-refractivity contribution in [1.82, 2.24) is 19.7 Å². The van der Waals surface area contributed by atoms with Crippen molar-refractivity contribution in [3.05, 3.63) is 70.9 Å². The van der Waals surface area contributed by atoms with Crippen LogP contribution in [0, 0.1) is 11.6 Å². The molecule has 8 heteroatoms. The second-order valence-corrected chi connectivity index (χ2v) is 8.84. The quantitative estimate of drug-likeness (QED) is 0.453. The van der Waals surface area contributed by atoms with Crippen LogP contribution in [-0.2, 0) is 7.05 Å². The molecule has 1 fully saturated rings. The van der Waals surface area contributed by atoms with E-state index in [9.17, 15) is 13.6 Å². The SMILES string of the molecule is Cn1cc(C(=O)N2CCC(c3nc4ccccc4s3)CC2)c(-c2ccc(F)cc2F)n1. The average molecular weight is 439 g/mol. The molecule has 0 aliphatic carbocycles. The minimum absolute atomic E-state index is 0.120. The molecule has 5 rings (SSSR count). The standard InChI is InChI=1S/C23H20F2N4OS/c1-28-13-17(21(27-28)16-7-6-15(24)12-18(16)25)23(30)29-10-8-14(9-11-29)22-26-19-4-2-3-5-20(19)31-22/h2-7,12-14H,8-11H2,1H3. The summed E-state index contributed by atoms with van der Waals surface area (Å²) in [5, 5.41) is 5.39. The van der Waals surface area contributed by atoms with Crippen LogP contribution in [-0.4, -0.2) is 38.7 Å². The molecular weight excluding hydrogens is 418 g/mol. The summed E-state index contributed by atoms with van der Waals surface area (Å²) < 4.78 is 30.3. The molecule has 1 aliphatic rings. The Bertz CT molecular complexity index is 1240. The number of rotatable bonds is 3. The number of carbonyl (C=O) groups is 1. The molecule has 0 radical (unpaired) electrons. The van der Waals surface area contributed by atoms with Gasteiger partial charge in [-0.25, -0.2) is 13.8 Å². The van der Waals surface area contributed by atoms with E-state index in [4.69, 9.17) is 4.98 Å². The summed E-state index contributed by atoms with van der Waals surface area (Å²) in [7, 11) is 1.68. The van der Waals surface area contributed by atoms with Gasteiger partial charge >= 0.3 is 0 Å². The maximum atomic E-state index is 14.3. The summed E-state index contributed by atoms with van der Waals surface area (Å²) in [4.78, 5) is 19.8. The van der Waals surface area contributed by atoms with E-state index >= 15 is 0 Å². The van der Waals surface area contributed by atoms with Gasteiger partial charge in [-0.3, -0.25) is 9.48 Å². The first-order valence-corrected chi connectivity index (χ1v) is 10.9. The number of hydrogen-bond acceptors (Lipinski definition) is 4. The lowest BCUT2D eigenvalue weighted by molar-refractivity contribution is 0.0713. The molecule has 1 aliphatic heterocycles. The van der Waals surface area contributed by atoms with Crippen LogP contribution >= 0.6 is 11.3 Å². The Morgan fingerprint density at radius 1 is 1.13 bits per heavy atom. The van der Waals surface area contributed by atoms with Gasteiger partial charge in [0, 0.05) is 43.9 Å². The Balaban J connectivity index is 1.35.